The molecule has 1 aromatic rings. The van der Waals surface area contributed by atoms with Crippen LogP contribution in [0.4, 0.5) is 10.5 Å². The second kappa shape index (κ2) is 6.62. The number of hydrogen-bond acceptors (Lipinski definition) is 4. The van der Waals surface area contributed by atoms with E-state index in [1.165, 1.54) is 0 Å². The minimum absolute atomic E-state index is 0.372. The van der Waals surface area contributed by atoms with Crippen molar-refractivity contribution in [2.45, 2.75) is 57.3 Å². The molecular formula is C18H22N2O4. The summed E-state index contributed by atoms with van der Waals surface area (Å²) in [7, 11) is 0. The SMILES string of the molecule is [C-]#[N+]c1ccc(C2(NC(=O)OC(C)(C)C)CCCC(O)C2=O)cc1. The highest BCUT2D eigenvalue weighted by molar-refractivity contribution is 5.96. The van der Waals surface area contributed by atoms with Crippen LogP contribution in [0.5, 0.6) is 0 Å². The number of alkyl carbamates (subject to hydrolysis) is 1. The number of ketones is 1. The topological polar surface area (TPSA) is 80.0 Å². The van der Waals surface area contributed by atoms with Crippen LogP contribution in [0, 0.1) is 6.57 Å². The van der Waals surface area contributed by atoms with Crippen LogP contribution in [-0.4, -0.2) is 28.7 Å². The molecule has 2 unspecified atom stereocenters. The molecule has 1 fully saturated rings. The number of rotatable bonds is 2. The van der Waals surface area contributed by atoms with Gasteiger partial charge in [0.2, 0.25) is 0 Å². The van der Waals surface area contributed by atoms with Crippen LogP contribution in [-0.2, 0) is 15.1 Å². The van der Waals surface area contributed by atoms with Crippen molar-refractivity contribution in [3.05, 3.63) is 41.2 Å². The Balaban J connectivity index is 2.40. The van der Waals surface area contributed by atoms with Crippen molar-refractivity contribution in [2.24, 2.45) is 0 Å². The normalized spacial score (nSPS) is 24.1. The van der Waals surface area contributed by atoms with E-state index in [-0.39, 0.29) is 0 Å². The van der Waals surface area contributed by atoms with E-state index in [1.807, 2.05) is 0 Å². The van der Waals surface area contributed by atoms with Crippen molar-refractivity contribution in [1.29, 1.82) is 0 Å². The Morgan fingerprint density at radius 3 is 2.54 bits per heavy atom. The Morgan fingerprint density at radius 1 is 1.38 bits per heavy atom. The van der Waals surface area contributed by atoms with Crippen molar-refractivity contribution < 1.29 is 19.4 Å². The van der Waals surface area contributed by atoms with Crippen molar-refractivity contribution in [3.8, 4) is 0 Å². The Bertz CT molecular complexity index is 670. The van der Waals surface area contributed by atoms with Gasteiger partial charge in [-0.2, -0.15) is 0 Å². The molecule has 1 aliphatic carbocycles. The van der Waals surface area contributed by atoms with Crippen LogP contribution in [0.25, 0.3) is 4.85 Å². The molecule has 6 nitrogen and oxygen atoms in total. The highest BCUT2D eigenvalue weighted by atomic mass is 16.6. The van der Waals surface area contributed by atoms with E-state index in [4.69, 9.17) is 11.3 Å². The number of hydrogen-bond donors (Lipinski definition) is 2. The molecule has 0 heterocycles. The Morgan fingerprint density at radius 2 is 2.00 bits per heavy atom. The van der Waals surface area contributed by atoms with Crippen LogP contribution in [0.15, 0.2) is 24.3 Å². The molecule has 1 aliphatic rings. The molecule has 24 heavy (non-hydrogen) atoms. The third kappa shape index (κ3) is 3.74. The molecule has 1 amide bonds. The zero-order chi connectivity index (χ0) is 18.0. The summed E-state index contributed by atoms with van der Waals surface area (Å²) in [5, 5.41) is 12.7. The summed E-state index contributed by atoms with van der Waals surface area (Å²) in [6, 6.07) is 6.46. The number of carbonyl (C=O) groups is 2. The first kappa shape index (κ1) is 18.0. The van der Waals surface area contributed by atoms with Crippen LogP contribution < -0.4 is 5.32 Å². The average molecular weight is 330 g/mol. The number of ether oxygens (including phenoxy) is 1. The molecule has 2 N–H and O–H groups in total. The van der Waals surface area contributed by atoms with E-state index in [0.29, 0.717) is 30.5 Å². The molecule has 0 bridgehead atoms. The summed E-state index contributed by atoms with van der Waals surface area (Å²) < 4.78 is 5.28. The van der Waals surface area contributed by atoms with E-state index in [1.54, 1.807) is 45.0 Å². The predicted octanol–water partition coefficient (Wildman–Crippen LogP) is 3.07. The van der Waals surface area contributed by atoms with Gasteiger partial charge in [0.25, 0.3) is 0 Å². The first-order chi connectivity index (χ1) is 11.2. The summed E-state index contributed by atoms with van der Waals surface area (Å²) in [5.74, 6) is -0.449. The zero-order valence-electron chi connectivity index (χ0n) is 14.1. The van der Waals surface area contributed by atoms with E-state index < -0.39 is 29.1 Å². The molecule has 0 aromatic heterocycles. The summed E-state index contributed by atoms with van der Waals surface area (Å²) in [5.41, 5.74) is -1.05. The van der Waals surface area contributed by atoms with Gasteiger partial charge in [-0.25, -0.2) is 9.64 Å². The number of carbonyl (C=O) groups excluding carboxylic acids is 2. The van der Waals surface area contributed by atoms with E-state index in [2.05, 4.69) is 10.2 Å². The molecule has 2 atom stereocenters. The fraction of sp³-hybridized carbons (Fsp3) is 0.500. The summed E-state index contributed by atoms with van der Waals surface area (Å²) >= 11 is 0. The van der Waals surface area contributed by atoms with Gasteiger partial charge < -0.3 is 15.2 Å². The Kier molecular flexibility index (Phi) is 4.95. The molecule has 0 aliphatic heterocycles. The van der Waals surface area contributed by atoms with Crippen LogP contribution in [0.3, 0.4) is 0 Å². The monoisotopic (exact) mass is 330 g/mol. The smallest absolute Gasteiger partial charge is 0.408 e. The lowest BCUT2D eigenvalue weighted by atomic mass is 9.74. The van der Waals surface area contributed by atoms with Gasteiger partial charge in [-0.05, 0) is 45.6 Å². The Hall–Kier alpha value is -2.39. The van der Waals surface area contributed by atoms with Crippen molar-refractivity contribution >= 4 is 17.6 Å². The largest absolute Gasteiger partial charge is 0.444 e. The lowest BCUT2D eigenvalue weighted by Gasteiger charge is -2.39. The second-order valence-corrected chi connectivity index (χ2v) is 6.96. The number of amides is 1. The summed E-state index contributed by atoms with van der Waals surface area (Å²) in [6.07, 6.45) is -0.503. The zero-order valence-corrected chi connectivity index (χ0v) is 14.1. The highest BCUT2D eigenvalue weighted by Crippen LogP contribution is 2.36. The van der Waals surface area contributed by atoms with Gasteiger partial charge in [0.1, 0.15) is 17.2 Å². The van der Waals surface area contributed by atoms with Crippen molar-refractivity contribution in [1.82, 2.24) is 5.32 Å². The van der Waals surface area contributed by atoms with E-state index in [0.717, 1.165) is 0 Å². The first-order valence-electron chi connectivity index (χ1n) is 7.89. The molecule has 1 aromatic carbocycles. The summed E-state index contributed by atoms with van der Waals surface area (Å²) in [4.78, 5) is 28.3. The van der Waals surface area contributed by atoms with Gasteiger partial charge >= 0.3 is 6.09 Å². The van der Waals surface area contributed by atoms with E-state index in [9.17, 15) is 14.7 Å². The molecule has 2 rings (SSSR count). The third-order valence-electron chi connectivity index (χ3n) is 3.96. The predicted molar refractivity (Wildman–Crippen MR) is 88.6 cm³/mol. The lowest BCUT2D eigenvalue weighted by molar-refractivity contribution is -0.138. The fourth-order valence-corrected chi connectivity index (χ4v) is 2.88. The van der Waals surface area contributed by atoms with Crippen LogP contribution >= 0.6 is 0 Å². The maximum Gasteiger partial charge on any atom is 0.408 e. The second-order valence-electron chi connectivity index (χ2n) is 6.96. The lowest BCUT2D eigenvalue weighted by Crippen LogP contribution is -2.58. The fourth-order valence-electron chi connectivity index (χ4n) is 2.88. The standard InChI is InChI=1S/C18H22N2O4/c1-17(2,3)24-16(23)20-18(11-5-6-14(21)15(18)22)12-7-9-13(19-4)10-8-12/h7-10,14,21H,5-6,11H2,1-3H3,(H,20,23). The molecule has 0 spiro atoms. The minimum Gasteiger partial charge on any atom is -0.444 e. The maximum atomic E-state index is 12.7. The number of aliphatic hydroxyl groups excluding tert-OH is 1. The number of nitrogens with zero attached hydrogens (tertiary/aromatic N) is 1. The molecule has 128 valence electrons. The maximum absolute atomic E-state index is 12.7. The average Bonchev–Trinajstić information content (AvgIpc) is 2.50. The number of benzene rings is 1. The van der Waals surface area contributed by atoms with Gasteiger partial charge in [-0.1, -0.05) is 24.3 Å². The first-order valence-corrected chi connectivity index (χ1v) is 7.89. The van der Waals surface area contributed by atoms with E-state index >= 15 is 0 Å². The van der Waals surface area contributed by atoms with Gasteiger partial charge in [0.15, 0.2) is 11.5 Å². The number of nitrogens with one attached hydrogen (secondary N) is 1. The molecule has 0 saturated heterocycles. The van der Waals surface area contributed by atoms with Gasteiger partial charge in [0.05, 0.1) is 6.57 Å². The van der Waals surface area contributed by atoms with Gasteiger partial charge in [-0.3, -0.25) is 4.79 Å². The molecule has 6 heteroatoms. The molecule has 0 radical (unpaired) electrons. The van der Waals surface area contributed by atoms with Crippen molar-refractivity contribution in [2.75, 3.05) is 0 Å². The summed E-state index contributed by atoms with van der Waals surface area (Å²) in [6.45, 7) is 12.2. The third-order valence-corrected chi connectivity index (χ3v) is 3.96. The molecule has 1 saturated carbocycles. The van der Waals surface area contributed by atoms with Crippen LogP contribution in [0.1, 0.15) is 45.6 Å². The van der Waals surface area contributed by atoms with Gasteiger partial charge in [-0.15, -0.1) is 0 Å². The quantitative estimate of drug-likeness (QED) is 0.817. The number of Topliss-reactive ketones (excluding diaryl/α,β-unsaturated/α-hetero) is 1. The number of aliphatic hydroxyl groups is 1. The highest BCUT2D eigenvalue weighted by Gasteiger charge is 2.47. The van der Waals surface area contributed by atoms with Crippen molar-refractivity contribution in [3.63, 3.8) is 0 Å². The minimum atomic E-state index is -1.33. The van der Waals surface area contributed by atoms with Crippen LogP contribution in [0.2, 0.25) is 0 Å². The Labute approximate surface area is 141 Å². The molecular weight excluding hydrogens is 308 g/mol. The van der Waals surface area contributed by atoms with Gasteiger partial charge in [0, 0.05) is 0 Å².